The van der Waals surface area contributed by atoms with Crippen LogP contribution in [-0.2, 0) is 6.18 Å². The molecule has 7 heteroatoms. The monoisotopic (exact) mass is 393 g/mol. The topological polar surface area (TPSA) is 38.2 Å². The van der Waals surface area contributed by atoms with Gasteiger partial charge in [-0.25, -0.2) is 4.98 Å². The van der Waals surface area contributed by atoms with Crippen molar-refractivity contribution in [2.75, 3.05) is 11.9 Å². The highest BCUT2D eigenvalue weighted by atomic mass is 19.4. The van der Waals surface area contributed by atoms with E-state index in [9.17, 15) is 13.2 Å². The molecule has 0 N–H and O–H groups in total. The number of anilines is 2. The van der Waals surface area contributed by atoms with E-state index in [1.165, 1.54) is 4.90 Å². The van der Waals surface area contributed by atoms with Crippen LogP contribution in [0.5, 0.6) is 6.01 Å². The van der Waals surface area contributed by atoms with Gasteiger partial charge in [-0.05, 0) is 43.7 Å². The van der Waals surface area contributed by atoms with Gasteiger partial charge in [0.15, 0.2) is 5.82 Å². The maximum absolute atomic E-state index is 13.6. The van der Waals surface area contributed by atoms with Crippen LogP contribution < -0.4 is 9.64 Å². The Morgan fingerprint density at radius 3 is 2.54 bits per heavy atom. The van der Waals surface area contributed by atoms with Crippen molar-refractivity contribution in [2.24, 2.45) is 0 Å². The minimum Gasteiger partial charge on any atom is -0.460 e. The molecule has 1 aliphatic rings. The zero-order valence-corrected chi connectivity index (χ0v) is 16.5. The van der Waals surface area contributed by atoms with E-state index >= 15 is 0 Å². The smallest absolute Gasteiger partial charge is 0.421 e. The number of alkyl halides is 3. The lowest BCUT2D eigenvalue weighted by Crippen LogP contribution is -2.21. The molecule has 1 aliphatic carbocycles. The van der Waals surface area contributed by atoms with E-state index in [0.29, 0.717) is 12.3 Å². The fourth-order valence-corrected chi connectivity index (χ4v) is 3.62. The van der Waals surface area contributed by atoms with Crippen LogP contribution in [0, 0.1) is 0 Å². The highest BCUT2D eigenvalue weighted by Crippen LogP contribution is 2.42. The van der Waals surface area contributed by atoms with Gasteiger partial charge in [0.2, 0.25) is 0 Å². The predicted octanol–water partition coefficient (Wildman–Crippen LogP) is 6.10. The number of rotatable bonds is 6. The molecule has 0 amide bonds. The molecule has 4 nitrogen and oxygen atoms in total. The Kier molecular flexibility index (Phi) is 6.10. The first kappa shape index (κ1) is 20.4. The summed E-state index contributed by atoms with van der Waals surface area (Å²) in [4.78, 5) is 9.45. The third kappa shape index (κ3) is 4.39. The van der Waals surface area contributed by atoms with E-state index < -0.39 is 11.7 Å². The van der Waals surface area contributed by atoms with Crippen molar-refractivity contribution in [3.63, 3.8) is 0 Å². The molecule has 0 spiro atoms. The molecule has 1 heterocycles. The number of nitrogens with zero attached hydrogens (tertiary/aromatic N) is 3. The summed E-state index contributed by atoms with van der Waals surface area (Å²) < 4.78 is 46.5. The second kappa shape index (κ2) is 8.37. The maximum Gasteiger partial charge on any atom is 0.421 e. The molecule has 0 radical (unpaired) electrons. The number of halogens is 3. The van der Waals surface area contributed by atoms with E-state index in [2.05, 4.69) is 9.97 Å². The van der Waals surface area contributed by atoms with Gasteiger partial charge in [-0.15, -0.1) is 0 Å². The first-order chi connectivity index (χ1) is 13.3. The lowest BCUT2D eigenvalue weighted by molar-refractivity contribution is -0.137. The molecule has 0 aliphatic heterocycles. The van der Waals surface area contributed by atoms with Gasteiger partial charge in [0, 0.05) is 18.9 Å². The van der Waals surface area contributed by atoms with Gasteiger partial charge in [-0.1, -0.05) is 38.0 Å². The van der Waals surface area contributed by atoms with Crippen LogP contribution >= 0.6 is 0 Å². The summed E-state index contributed by atoms with van der Waals surface area (Å²) in [5, 5.41) is 0. The molecule has 1 saturated carbocycles. The molecule has 0 bridgehead atoms. The molecule has 1 fully saturated rings. The molecular formula is C21H26F3N3O. The van der Waals surface area contributed by atoms with Crippen molar-refractivity contribution >= 4 is 11.5 Å². The van der Waals surface area contributed by atoms with Gasteiger partial charge in [-0.3, -0.25) is 0 Å². The van der Waals surface area contributed by atoms with Gasteiger partial charge in [0.1, 0.15) is 5.56 Å². The molecule has 1 unspecified atom stereocenters. The van der Waals surface area contributed by atoms with Crippen LogP contribution in [0.2, 0.25) is 0 Å². The average Bonchev–Trinajstić information content (AvgIpc) is 3.21. The van der Waals surface area contributed by atoms with Crippen molar-refractivity contribution in [2.45, 2.75) is 64.1 Å². The quantitative estimate of drug-likeness (QED) is 0.594. The van der Waals surface area contributed by atoms with Crippen molar-refractivity contribution in [3.05, 3.63) is 41.6 Å². The van der Waals surface area contributed by atoms with Gasteiger partial charge < -0.3 is 9.64 Å². The molecule has 1 atom stereocenters. The number of benzene rings is 1. The lowest BCUT2D eigenvalue weighted by Gasteiger charge is -2.26. The molecule has 152 valence electrons. The van der Waals surface area contributed by atoms with Crippen molar-refractivity contribution < 1.29 is 17.9 Å². The predicted molar refractivity (Wildman–Crippen MR) is 103 cm³/mol. The second-order valence-corrected chi connectivity index (χ2v) is 7.32. The average molecular weight is 393 g/mol. The van der Waals surface area contributed by atoms with Gasteiger partial charge >= 0.3 is 12.2 Å². The van der Waals surface area contributed by atoms with Crippen LogP contribution in [0.25, 0.3) is 0 Å². The Morgan fingerprint density at radius 2 is 1.89 bits per heavy atom. The molecule has 1 aromatic heterocycles. The van der Waals surface area contributed by atoms with E-state index in [0.717, 1.165) is 43.1 Å². The van der Waals surface area contributed by atoms with Crippen LogP contribution in [0.3, 0.4) is 0 Å². The second-order valence-electron chi connectivity index (χ2n) is 7.32. The fraction of sp³-hybridized carbons (Fsp3) is 0.524. The van der Waals surface area contributed by atoms with Gasteiger partial charge in [0.05, 0.1) is 6.10 Å². The summed E-state index contributed by atoms with van der Waals surface area (Å²) in [7, 11) is 1.62. The zero-order chi connectivity index (χ0) is 20.3. The minimum atomic E-state index is -4.55. The summed E-state index contributed by atoms with van der Waals surface area (Å²) in [6.07, 6.45) is 1.20. The van der Waals surface area contributed by atoms with Crippen molar-refractivity contribution in [1.82, 2.24) is 9.97 Å². The van der Waals surface area contributed by atoms with Crippen molar-refractivity contribution in [3.8, 4) is 6.01 Å². The Labute approximate surface area is 163 Å². The summed E-state index contributed by atoms with van der Waals surface area (Å²) in [5.74, 6) is 0.178. The fourth-order valence-electron chi connectivity index (χ4n) is 3.62. The highest BCUT2D eigenvalue weighted by Gasteiger charge is 2.37. The van der Waals surface area contributed by atoms with Crippen LogP contribution in [0.4, 0.5) is 24.7 Å². The zero-order valence-electron chi connectivity index (χ0n) is 16.5. The van der Waals surface area contributed by atoms with Crippen molar-refractivity contribution in [1.29, 1.82) is 0 Å². The summed E-state index contributed by atoms with van der Waals surface area (Å²) in [5.41, 5.74) is 0.944. The van der Waals surface area contributed by atoms with Crippen LogP contribution in [-0.4, -0.2) is 23.1 Å². The van der Waals surface area contributed by atoms with E-state index in [-0.39, 0.29) is 17.9 Å². The third-order valence-electron chi connectivity index (χ3n) is 5.34. The number of hydrogen-bond donors (Lipinski definition) is 0. The summed E-state index contributed by atoms with van der Waals surface area (Å²) in [6.45, 7) is 3.76. The Morgan fingerprint density at radius 1 is 1.21 bits per heavy atom. The van der Waals surface area contributed by atoms with E-state index in [1.807, 2.05) is 38.1 Å². The first-order valence-electron chi connectivity index (χ1n) is 9.74. The number of para-hydroxylation sites is 1. The number of aromatic nitrogens is 2. The molecule has 28 heavy (non-hydrogen) atoms. The largest absolute Gasteiger partial charge is 0.460 e. The molecule has 2 aromatic rings. The van der Waals surface area contributed by atoms with E-state index in [4.69, 9.17) is 4.74 Å². The minimum absolute atomic E-state index is 0.0393. The standard InChI is InChI=1S/C21H26F3N3O/c1-4-14(2)28-20-25-13-17(21(22,23)24)19(26-20)27(3)18-12-8-7-11-16(18)15-9-5-6-10-15/h7-8,11-15H,4-6,9-10H2,1-3H3. The molecule has 0 saturated heterocycles. The van der Waals surface area contributed by atoms with Gasteiger partial charge in [0.25, 0.3) is 0 Å². The molecule has 1 aromatic carbocycles. The maximum atomic E-state index is 13.6. The number of ether oxygens (including phenoxy) is 1. The Balaban J connectivity index is 2.04. The van der Waals surface area contributed by atoms with Gasteiger partial charge in [-0.2, -0.15) is 18.2 Å². The normalized spacial score (nSPS) is 16.2. The molecule has 3 rings (SSSR count). The van der Waals surface area contributed by atoms with Crippen LogP contribution in [0.1, 0.15) is 63.0 Å². The molecular weight excluding hydrogens is 367 g/mol. The first-order valence-corrected chi connectivity index (χ1v) is 9.74. The third-order valence-corrected chi connectivity index (χ3v) is 5.34. The lowest BCUT2D eigenvalue weighted by atomic mass is 9.95. The SMILES string of the molecule is CCC(C)Oc1ncc(C(F)(F)F)c(N(C)c2ccccc2C2CCCC2)n1. The Hall–Kier alpha value is -2.31. The Bertz CT molecular complexity index is 804. The number of hydrogen-bond acceptors (Lipinski definition) is 4. The van der Waals surface area contributed by atoms with E-state index in [1.54, 1.807) is 7.05 Å². The van der Waals surface area contributed by atoms with Crippen LogP contribution in [0.15, 0.2) is 30.5 Å². The summed E-state index contributed by atoms with van der Waals surface area (Å²) >= 11 is 0. The highest BCUT2D eigenvalue weighted by molar-refractivity contribution is 5.66. The summed E-state index contributed by atoms with van der Waals surface area (Å²) in [6, 6.07) is 7.60.